The van der Waals surface area contributed by atoms with Gasteiger partial charge < -0.3 is 4.74 Å². The van der Waals surface area contributed by atoms with Gasteiger partial charge in [0.25, 0.3) is 0 Å². The number of aromatic nitrogens is 1. The predicted octanol–water partition coefficient (Wildman–Crippen LogP) is 4.06. The van der Waals surface area contributed by atoms with Crippen LogP contribution in [-0.2, 0) is 4.79 Å². The van der Waals surface area contributed by atoms with Gasteiger partial charge in [0.1, 0.15) is 5.02 Å². The molecule has 0 saturated heterocycles. The number of nitrogens with zero attached hydrogens (tertiary/aromatic N) is 1. The van der Waals surface area contributed by atoms with Crippen molar-refractivity contribution in [3.05, 3.63) is 35.5 Å². The molecular weight excluding hydrogens is 273 g/mol. The normalized spacial score (nSPS) is 9.56. The van der Waals surface area contributed by atoms with Gasteiger partial charge in [-0.1, -0.05) is 30.7 Å². The van der Waals surface area contributed by atoms with Crippen molar-refractivity contribution in [2.45, 2.75) is 13.8 Å². The summed E-state index contributed by atoms with van der Waals surface area (Å²) >= 11 is 10.9. The summed E-state index contributed by atoms with van der Waals surface area (Å²) in [4.78, 5) is 15.0. The van der Waals surface area contributed by atoms with E-state index < -0.39 is 5.97 Å². The highest BCUT2D eigenvalue weighted by molar-refractivity contribution is 6.33. The first kappa shape index (κ1) is 14.7. The van der Waals surface area contributed by atoms with Crippen LogP contribution in [0.15, 0.2) is 30.5 Å². The van der Waals surface area contributed by atoms with Crippen molar-refractivity contribution in [3.63, 3.8) is 0 Å². The zero-order valence-corrected chi connectivity index (χ0v) is 11.6. The molecule has 0 aliphatic heterocycles. The van der Waals surface area contributed by atoms with Gasteiger partial charge in [0.2, 0.25) is 0 Å². The summed E-state index contributed by atoms with van der Waals surface area (Å²) in [5.74, 6) is 0.697. The maximum atomic E-state index is 10.9. The fraction of sp³-hybridized carbons (Fsp3) is 0.231. The Kier molecular flexibility index (Phi) is 5.89. The smallest absolute Gasteiger partial charge is 0.308 e. The average Bonchev–Trinajstić information content (AvgIpc) is 2.33. The van der Waals surface area contributed by atoms with Crippen molar-refractivity contribution in [3.8, 4) is 5.75 Å². The second kappa shape index (κ2) is 7.19. The molecule has 1 aromatic heterocycles. The van der Waals surface area contributed by atoms with Crippen molar-refractivity contribution < 1.29 is 9.53 Å². The minimum absolute atomic E-state index is 0.337. The molecule has 18 heavy (non-hydrogen) atoms. The highest BCUT2D eigenvalue weighted by atomic mass is 35.5. The molecule has 2 aromatic rings. The summed E-state index contributed by atoms with van der Waals surface area (Å²) < 4.78 is 5.05. The molecule has 0 amide bonds. The summed E-state index contributed by atoms with van der Waals surface area (Å²) in [6.07, 6.45) is 1.47. The second-order valence-electron chi connectivity index (χ2n) is 3.31. The SMILES string of the molecule is CC(=O)Oc1c(Cl)cnc2ccccc12.CCCl. The van der Waals surface area contributed by atoms with E-state index in [1.165, 1.54) is 13.1 Å². The highest BCUT2D eigenvalue weighted by Crippen LogP contribution is 2.31. The fourth-order valence-electron chi connectivity index (χ4n) is 1.34. The Bertz CT molecular complexity index is 544. The van der Waals surface area contributed by atoms with Crippen molar-refractivity contribution >= 4 is 40.1 Å². The van der Waals surface area contributed by atoms with Crippen LogP contribution in [0.1, 0.15) is 13.8 Å². The molecule has 1 heterocycles. The van der Waals surface area contributed by atoms with Crippen molar-refractivity contribution in [1.29, 1.82) is 0 Å². The van der Waals surface area contributed by atoms with E-state index in [0.29, 0.717) is 10.8 Å². The number of benzene rings is 1. The lowest BCUT2D eigenvalue weighted by Gasteiger charge is -2.06. The van der Waals surface area contributed by atoms with Gasteiger partial charge in [0.05, 0.1) is 5.52 Å². The van der Waals surface area contributed by atoms with E-state index in [4.69, 9.17) is 27.9 Å². The lowest BCUT2D eigenvalue weighted by Crippen LogP contribution is -2.02. The van der Waals surface area contributed by atoms with Gasteiger partial charge in [-0.2, -0.15) is 0 Å². The van der Waals surface area contributed by atoms with E-state index in [1.807, 2.05) is 31.2 Å². The zero-order chi connectivity index (χ0) is 13.5. The molecule has 0 N–H and O–H groups in total. The number of alkyl halides is 1. The number of ether oxygens (including phenoxy) is 1. The molecule has 2 rings (SSSR count). The first-order chi connectivity index (χ1) is 8.60. The van der Waals surface area contributed by atoms with Gasteiger partial charge >= 0.3 is 5.97 Å². The molecule has 0 saturated carbocycles. The number of esters is 1. The van der Waals surface area contributed by atoms with Gasteiger partial charge in [-0.05, 0) is 12.1 Å². The molecule has 0 aliphatic rings. The van der Waals surface area contributed by atoms with Crippen LogP contribution in [0.2, 0.25) is 5.02 Å². The van der Waals surface area contributed by atoms with Gasteiger partial charge in [-0.3, -0.25) is 9.78 Å². The molecular formula is C13H13Cl2NO2. The van der Waals surface area contributed by atoms with Crippen molar-refractivity contribution in [2.75, 3.05) is 5.88 Å². The first-order valence-corrected chi connectivity index (χ1v) is 6.29. The third-order valence-electron chi connectivity index (χ3n) is 1.93. The lowest BCUT2D eigenvalue weighted by atomic mass is 10.2. The number of carbonyl (C=O) groups is 1. The van der Waals surface area contributed by atoms with E-state index in [0.717, 1.165) is 16.8 Å². The number of pyridine rings is 1. The summed E-state index contributed by atoms with van der Waals surface area (Å²) in [7, 11) is 0. The molecule has 0 aliphatic carbocycles. The minimum Gasteiger partial charge on any atom is -0.424 e. The number of fused-ring (bicyclic) bond motifs is 1. The third-order valence-corrected chi connectivity index (χ3v) is 2.20. The molecule has 0 unspecified atom stereocenters. The maximum Gasteiger partial charge on any atom is 0.308 e. The topological polar surface area (TPSA) is 39.2 Å². The van der Waals surface area contributed by atoms with Crippen LogP contribution in [-0.4, -0.2) is 16.8 Å². The van der Waals surface area contributed by atoms with Crippen LogP contribution in [0.3, 0.4) is 0 Å². The van der Waals surface area contributed by atoms with E-state index in [-0.39, 0.29) is 0 Å². The van der Waals surface area contributed by atoms with Crippen LogP contribution in [0.25, 0.3) is 10.9 Å². The number of halogens is 2. The molecule has 0 radical (unpaired) electrons. The van der Waals surface area contributed by atoms with E-state index in [2.05, 4.69) is 4.98 Å². The third kappa shape index (κ3) is 3.86. The lowest BCUT2D eigenvalue weighted by molar-refractivity contribution is -0.131. The quantitative estimate of drug-likeness (QED) is 0.586. The van der Waals surface area contributed by atoms with Gasteiger partial charge in [0, 0.05) is 24.4 Å². The first-order valence-electron chi connectivity index (χ1n) is 5.37. The molecule has 0 atom stereocenters. The van der Waals surface area contributed by atoms with Crippen LogP contribution in [0.5, 0.6) is 5.75 Å². The summed E-state index contributed by atoms with van der Waals surface area (Å²) in [6.45, 7) is 3.23. The molecule has 3 nitrogen and oxygen atoms in total. The zero-order valence-electron chi connectivity index (χ0n) is 10.1. The Morgan fingerprint density at radius 2 is 2.00 bits per heavy atom. The van der Waals surface area contributed by atoms with E-state index >= 15 is 0 Å². The Morgan fingerprint density at radius 1 is 1.39 bits per heavy atom. The number of rotatable bonds is 1. The van der Waals surface area contributed by atoms with Gasteiger partial charge in [-0.15, -0.1) is 11.6 Å². The Hall–Kier alpha value is -1.32. The van der Waals surface area contributed by atoms with Gasteiger partial charge in [0.15, 0.2) is 5.75 Å². The van der Waals surface area contributed by atoms with Crippen LogP contribution in [0.4, 0.5) is 0 Å². The summed E-state index contributed by atoms with van der Waals surface area (Å²) in [6, 6.07) is 7.35. The number of para-hydroxylation sites is 1. The Balaban J connectivity index is 0.000000492. The summed E-state index contributed by atoms with van der Waals surface area (Å²) in [5.41, 5.74) is 0.748. The van der Waals surface area contributed by atoms with E-state index in [9.17, 15) is 4.79 Å². The van der Waals surface area contributed by atoms with Crippen LogP contribution in [0, 0.1) is 0 Å². The Labute approximate surface area is 116 Å². The predicted molar refractivity (Wildman–Crippen MR) is 74.5 cm³/mol. The molecule has 1 aromatic carbocycles. The van der Waals surface area contributed by atoms with Crippen molar-refractivity contribution in [1.82, 2.24) is 4.98 Å². The summed E-state index contributed by atoms with van der Waals surface area (Å²) in [5, 5.41) is 1.07. The van der Waals surface area contributed by atoms with Gasteiger partial charge in [-0.25, -0.2) is 0 Å². The fourth-order valence-corrected chi connectivity index (χ4v) is 1.53. The van der Waals surface area contributed by atoms with E-state index in [1.54, 1.807) is 0 Å². The Morgan fingerprint density at radius 3 is 2.61 bits per heavy atom. The van der Waals surface area contributed by atoms with Crippen LogP contribution < -0.4 is 4.74 Å². The molecule has 0 bridgehead atoms. The number of carbonyl (C=O) groups excluding carboxylic acids is 1. The van der Waals surface area contributed by atoms with Crippen LogP contribution >= 0.6 is 23.2 Å². The highest BCUT2D eigenvalue weighted by Gasteiger charge is 2.09. The molecule has 5 heteroatoms. The number of hydrogen-bond acceptors (Lipinski definition) is 3. The monoisotopic (exact) mass is 285 g/mol. The van der Waals surface area contributed by atoms with Crippen molar-refractivity contribution in [2.24, 2.45) is 0 Å². The standard InChI is InChI=1S/C11H8ClNO2.C2H5Cl/c1-7(14)15-11-8-4-2-3-5-10(8)13-6-9(11)12;1-2-3/h2-6H,1H3;2H2,1H3. The molecule has 96 valence electrons. The number of hydrogen-bond donors (Lipinski definition) is 0. The second-order valence-corrected chi connectivity index (χ2v) is 4.26. The molecule has 0 fully saturated rings. The minimum atomic E-state index is -0.395. The largest absolute Gasteiger partial charge is 0.424 e. The average molecular weight is 286 g/mol. The maximum absolute atomic E-state index is 10.9. The molecule has 0 spiro atoms.